The average molecular weight is 471 g/mol. The number of amides is 1. The number of aromatic nitrogens is 2. The van der Waals surface area contributed by atoms with Gasteiger partial charge in [0.15, 0.2) is 0 Å². The molecule has 0 radical (unpaired) electrons. The number of fused-ring (bicyclic) bond motifs is 1. The third-order valence-electron chi connectivity index (χ3n) is 4.88. The van der Waals surface area contributed by atoms with E-state index < -0.39 is 26.6 Å². The Morgan fingerprint density at radius 3 is 2.64 bits per heavy atom. The fourth-order valence-electron chi connectivity index (χ4n) is 3.27. The smallest absolute Gasteiger partial charge is 0.262 e. The average Bonchev–Trinajstić information content (AvgIpc) is 3.37. The zero-order chi connectivity index (χ0) is 23.6. The van der Waals surface area contributed by atoms with E-state index in [0.29, 0.717) is 18.3 Å². The van der Waals surface area contributed by atoms with Gasteiger partial charge >= 0.3 is 0 Å². The van der Waals surface area contributed by atoms with Crippen LogP contribution in [0.1, 0.15) is 16.7 Å². The normalized spacial score (nSPS) is 13.1. The second-order valence-electron chi connectivity index (χ2n) is 7.26. The standard InChI is InChI=1S/C22H19F2N5O3S/c1-25-22(30)13-29-12-14(10-27-29)2-5-21-20-9-18(4-3-15(20)11-26-21)28-33(31,32)19-7-16(23)6-17(24)8-19/h2-10,12,28H,11,13H2,1H3,(H,25,30)/b5-2+. The molecular formula is C22H19F2N5O3S. The molecule has 1 aromatic heterocycles. The molecule has 8 nitrogen and oxygen atoms in total. The maximum absolute atomic E-state index is 13.5. The van der Waals surface area contributed by atoms with Gasteiger partial charge in [-0.2, -0.15) is 5.10 Å². The maximum Gasteiger partial charge on any atom is 0.262 e. The first kappa shape index (κ1) is 22.3. The van der Waals surface area contributed by atoms with Crippen LogP contribution in [0.2, 0.25) is 0 Å². The molecule has 0 fully saturated rings. The van der Waals surface area contributed by atoms with Crippen LogP contribution in [-0.2, 0) is 27.9 Å². The van der Waals surface area contributed by atoms with E-state index in [1.165, 1.54) is 4.68 Å². The minimum Gasteiger partial charge on any atom is -0.358 e. The van der Waals surface area contributed by atoms with Crippen LogP contribution < -0.4 is 10.0 Å². The molecule has 0 saturated carbocycles. The lowest BCUT2D eigenvalue weighted by Gasteiger charge is -2.10. The Balaban J connectivity index is 1.52. The van der Waals surface area contributed by atoms with Crippen molar-refractivity contribution in [2.45, 2.75) is 18.0 Å². The summed E-state index contributed by atoms with van der Waals surface area (Å²) in [5, 5.41) is 6.65. The summed E-state index contributed by atoms with van der Waals surface area (Å²) in [4.78, 5) is 15.4. The van der Waals surface area contributed by atoms with Crippen LogP contribution in [0.25, 0.3) is 6.08 Å². The van der Waals surface area contributed by atoms with Gasteiger partial charge < -0.3 is 5.32 Å². The van der Waals surface area contributed by atoms with E-state index in [0.717, 1.165) is 28.8 Å². The summed E-state index contributed by atoms with van der Waals surface area (Å²) in [5.41, 5.74) is 3.28. The van der Waals surface area contributed by atoms with Gasteiger partial charge in [0.2, 0.25) is 5.91 Å². The van der Waals surface area contributed by atoms with E-state index in [4.69, 9.17) is 0 Å². The van der Waals surface area contributed by atoms with Gasteiger partial charge in [-0.15, -0.1) is 0 Å². The molecule has 0 atom stereocenters. The zero-order valence-corrected chi connectivity index (χ0v) is 18.2. The topological polar surface area (TPSA) is 105 Å². The van der Waals surface area contributed by atoms with Gasteiger partial charge in [-0.1, -0.05) is 6.07 Å². The molecule has 4 rings (SSSR count). The molecule has 33 heavy (non-hydrogen) atoms. The Hall–Kier alpha value is -3.86. The number of likely N-dealkylation sites (N-methyl/N-ethyl adjacent to an activating group) is 1. The summed E-state index contributed by atoms with van der Waals surface area (Å²) in [7, 11) is -2.64. The van der Waals surface area contributed by atoms with Crippen LogP contribution in [0.3, 0.4) is 0 Å². The number of halogens is 2. The van der Waals surface area contributed by atoms with Crippen LogP contribution in [-0.4, -0.2) is 36.9 Å². The summed E-state index contributed by atoms with van der Waals surface area (Å²) in [6.45, 7) is 0.542. The molecule has 11 heteroatoms. The lowest BCUT2D eigenvalue weighted by Crippen LogP contribution is -2.23. The number of allylic oxidation sites excluding steroid dienone is 1. The second kappa shape index (κ2) is 8.94. The molecule has 0 aliphatic carbocycles. The highest BCUT2D eigenvalue weighted by atomic mass is 32.2. The van der Waals surface area contributed by atoms with Crippen LogP contribution in [0.5, 0.6) is 0 Å². The summed E-state index contributed by atoms with van der Waals surface area (Å²) < 4.78 is 55.9. The molecule has 0 spiro atoms. The highest BCUT2D eigenvalue weighted by Gasteiger charge is 2.19. The molecule has 0 bridgehead atoms. The Morgan fingerprint density at radius 2 is 1.91 bits per heavy atom. The Kier molecular flexibility index (Phi) is 6.05. The summed E-state index contributed by atoms with van der Waals surface area (Å²) in [5.74, 6) is -2.14. The number of anilines is 1. The fraction of sp³-hybridized carbons (Fsp3) is 0.136. The van der Waals surface area contributed by atoms with Gasteiger partial charge in [0.1, 0.15) is 18.2 Å². The van der Waals surface area contributed by atoms with Gasteiger partial charge in [-0.25, -0.2) is 17.2 Å². The molecular weight excluding hydrogens is 452 g/mol. The SMILES string of the molecule is CNC(=O)Cn1cc(/C=C/C2=NCc3ccc(NS(=O)(=O)c4cc(F)cc(F)c4)cc32)cn1. The summed E-state index contributed by atoms with van der Waals surface area (Å²) in [6.07, 6.45) is 6.88. The molecule has 1 amide bonds. The van der Waals surface area contributed by atoms with E-state index in [2.05, 4.69) is 20.1 Å². The number of rotatable bonds is 7. The van der Waals surface area contributed by atoms with Gasteiger partial charge in [-0.3, -0.25) is 19.2 Å². The van der Waals surface area contributed by atoms with Gasteiger partial charge in [0.25, 0.3) is 10.0 Å². The van der Waals surface area contributed by atoms with Crippen LogP contribution >= 0.6 is 0 Å². The van der Waals surface area contributed by atoms with Crippen molar-refractivity contribution in [1.82, 2.24) is 15.1 Å². The van der Waals surface area contributed by atoms with Crippen molar-refractivity contribution < 1.29 is 22.0 Å². The molecule has 2 heterocycles. The maximum atomic E-state index is 13.5. The third-order valence-corrected chi connectivity index (χ3v) is 6.24. The van der Waals surface area contributed by atoms with Crippen LogP contribution in [0.4, 0.5) is 14.5 Å². The van der Waals surface area contributed by atoms with Gasteiger partial charge in [0.05, 0.1) is 23.3 Å². The Bertz CT molecular complexity index is 1380. The number of aliphatic imine (C=N–C) groups is 1. The van der Waals surface area contributed by atoms with E-state index in [1.54, 1.807) is 49.8 Å². The van der Waals surface area contributed by atoms with Crippen LogP contribution in [0, 0.1) is 11.6 Å². The fourth-order valence-corrected chi connectivity index (χ4v) is 4.36. The van der Waals surface area contributed by atoms with Crippen molar-refractivity contribution in [3.63, 3.8) is 0 Å². The van der Waals surface area contributed by atoms with E-state index in [1.807, 2.05) is 0 Å². The number of benzene rings is 2. The molecule has 1 aliphatic rings. The van der Waals surface area contributed by atoms with Crippen molar-refractivity contribution in [2.24, 2.45) is 4.99 Å². The largest absolute Gasteiger partial charge is 0.358 e. The van der Waals surface area contributed by atoms with Gasteiger partial charge in [0, 0.05) is 36.1 Å². The third kappa shape index (κ3) is 5.14. The number of hydrogen-bond donors (Lipinski definition) is 2. The van der Waals surface area contributed by atoms with E-state index in [-0.39, 0.29) is 18.1 Å². The van der Waals surface area contributed by atoms with E-state index >= 15 is 0 Å². The number of nitrogens with one attached hydrogen (secondary N) is 2. The number of hydrogen-bond acceptors (Lipinski definition) is 5. The van der Waals surface area contributed by atoms with E-state index in [9.17, 15) is 22.0 Å². The van der Waals surface area contributed by atoms with Crippen molar-refractivity contribution in [2.75, 3.05) is 11.8 Å². The highest BCUT2D eigenvalue weighted by molar-refractivity contribution is 7.92. The zero-order valence-electron chi connectivity index (χ0n) is 17.4. The van der Waals surface area contributed by atoms with Crippen LogP contribution in [0.15, 0.2) is 64.8 Å². The first-order valence-electron chi connectivity index (χ1n) is 9.81. The Labute approximate surface area is 188 Å². The molecule has 2 N–H and O–H groups in total. The first-order chi connectivity index (χ1) is 15.7. The first-order valence-corrected chi connectivity index (χ1v) is 11.3. The predicted molar refractivity (Wildman–Crippen MR) is 119 cm³/mol. The molecule has 0 saturated heterocycles. The van der Waals surface area contributed by atoms with Crippen molar-refractivity contribution in [3.05, 3.63) is 83.2 Å². The molecule has 1 aliphatic heterocycles. The molecule has 2 aromatic carbocycles. The van der Waals surface area contributed by atoms with Crippen molar-refractivity contribution in [3.8, 4) is 0 Å². The van der Waals surface area contributed by atoms with Gasteiger partial charge in [-0.05, 0) is 42.0 Å². The second-order valence-corrected chi connectivity index (χ2v) is 8.94. The predicted octanol–water partition coefficient (Wildman–Crippen LogP) is 2.72. The Morgan fingerprint density at radius 1 is 1.15 bits per heavy atom. The monoisotopic (exact) mass is 471 g/mol. The van der Waals surface area contributed by atoms with Crippen molar-refractivity contribution >= 4 is 33.4 Å². The minimum absolute atomic E-state index is 0.104. The quantitative estimate of drug-likeness (QED) is 0.553. The molecule has 3 aromatic rings. The number of carbonyl (C=O) groups excluding carboxylic acids is 1. The highest BCUT2D eigenvalue weighted by Crippen LogP contribution is 2.26. The minimum atomic E-state index is -4.19. The summed E-state index contributed by atoms with van der Waals surface area (Å²) >= 11 is 0. The number of nitrogens with zero attached hydrogens (tertiary/aromatic N) is 3. The van der Waals surface area contributed by atoms with Crippen molar-refractivity contribution in [1.29, 1.82) is 0 Å². The number of sulfonamides is 1. The number of carbonyl (C=O) groups is 1. The molecule has 170 valence electrons. The summed E-state index contributed by atoms with van der Waals surface area (Å²) in [6, 6.07) is 7.03. The lowest BCUT2D eigenvalue weighted by molar-refractivity contribution is -0.121. The lowest BCUT2D eigenvalue weighted by atomic mass is 10.0. The molecule has 0 unspecified atom stereocenters.